The van der Waals surface area contributed by atoms with Gasteiger partial charge in [-0.3, -0.25) is 14.2 Å². The van der Waals surface area contributed by atoms with Gasteiger partial charge < -0.3 is 15.6 Å². The van der Waals surface area contributed by atoms with E-state index in [1.807, 2.05) is 0 Å². The Morgan fingerprint density at radius 1 is 1.25 bits per heavy atom. The van der Waals surface area contributed by atoms with Crippen LogP contribution in [0, 0.1) is 0 Å². The lowest BCUT2D eigenvalue weighted by molar-refractivity contribution is -0.121. The van der Waals surface area contributed by atoms with E-state index >= 15 is 0 Å². The van der Waals surface area contributed by atoms with E-state index in [2.05, 4.69) is 15.6 Å². The van der Waals surface area contributed by atoms with E-state index in [9.17, 15) is 14.4 Å². The number of benzene rings is 1. The summed E-state index contributed by atoms with van der Waals surface area (Å²) in [5.74, 6) is -0.372. The summed E-state index contributed by atoms with van der Waals surface area (Å²) in [5.41, 5.74) is -0.583. The highest BCUT2D eigenvalue weighted by Gasteiger charge is 2.10. The molecule has 0 saturated carbocycles. The van der Waals surface area contributed by atoms with Crippen LogP contribution in [0.15, 0.2) is 33.9 Å². The largest absolute Gasteiger partial charge is 0.353 e. The summed E-state index contributed by atoms with van der Waals surface area (Å²) in [4.78, 5) is 38.3. The van der Waals surface area contributed by atoms with Crippen LogP contribution in [0.2, 0.25) is 0 Å². The Morgan fingerprint density at radius 3 is 2.75 bits per heavy atom. The van der Waals surface area contributed by atoms with Crippen molar-refractivity contribution in [2.75, 3.05) is 20.1 Å². The van der Waals surface area contributed by atoms with Crippen molar-refractivity contribution >= 4 is 16.8 Å². The number of amides is 1. The number of hydrogen-bond donors (Lipinski definition) is 3. The standard InChI is InChI=1S/C13H16N4O3/c1-14-6-7-15-11(18)8-17-12(19)9-4-2-3-5-10(9)16-13(17)20/h2-5,14H,6-8H2,1H3,(H,15,18)(H,16,20). The maximum atomic E-state index is 12.2. The summed E-state index contributed by atoms with van der Waals surface area (Å²) >= 11 is 0. The second-order valence-electron chi connectivity index (χ2n) is 4.32. The average Bonchev–Trinajstić information content (AvgIpc) is 2.44. The van der Waals surface area contributed by atoms with Gasteiger partial charge in [0.15, 0.2) is 0 Å². The molecule has 0 aliphatic carbocycles. The van der Waals surface area contributed by atoms with Gasteiger partial charge in [0.2, 0.25) is 5.91 Å². The van der Waals surface area contributed by atoms with E-state index in [1.165, 1.54) is 0 Å². The minimum absolute atomic E-state index is 0.289. The van der Waals surface area contributed by atoms with E-state index in [4.69, 9.17) is 0 Å². The van der Waals surface area contributed by atoms with Gasteiger partial charge in [0.25, 0.3) is 5.56 Å². The number of likely N-dealkylation sites (N-methyl/N-ethyl adjacent to an activating group) is 1. The molecule has 1 amide bonds. The Labute approximate surface area is 114 Å². The molecule has 7 heteroatoms. The molecule has 106 valence electrons. The fraction of sp³-hybridized carbons (Fsp3) is 0.308. The fourth-order valence-electron chi connectivity index (χ4n) is 1.87. The summed E-state index contributed by atoms with van der Waals surface area (Å²) in [7, 11) is 1.77. The maximum absolute atomic E-state index is 12.2. The highest BCUT2D eigenvalue weighted by Crippen LogP contribution is 2.02. The van der Waals surface area contributed by atoms with E-state index in [-0.39, 0.29) is 12.5 Å². The van der Waals surface area contributed by atoms with E-state index in [0.717, 1.165) is 4.57 Å². The van der Waals surface area contributed by atoms with Crippen LogP contribution in [0.4, 0.5) is 0 Å². The molecule has 0 unspecified atom stereocenters. The number of H-pyrrole nitrogens is 1. The van der Waals surface area contributed by atoms with Crippen LogP contribution in [0.1, 0.15) is 0 Å². The smallest absolute Gasteiger partial charge is 0.329 e. The quantitative estimate of drug-likeness (QED) is 0.612. The fourth-order valence-corrected chi connectivity index (χ4v) is 1.87. The lowest BCUT2D eigenvalue weighted by atomic mass is 10.2. The van der Waals surface area contributed by atoms with Crippen molar-refractivity contribution in [2.24, 2.45) is 0 Å². The van der Waals surface area contributed by atoms with Crippen LogP contribution in [-0.4, -0.2) is 35.6 Å². The number of aromatic amines is 1. The number of nitrogens with zero attached hydrogens (tertiary/aromatic N) is 1. The lowest BCUT2D eigenvalue weighted by Crippen LogP contribution is -2.41. The van der Waals surface area contributed by atoms with Gasteiger partial charge in [0, 0.05) is 13.1 Å². The number of rotatable bonds is 5. The molecule has 7 nitrogen and oxygen atoms in total. The van der Waals surface area contributed by atoms with Crippen LogP contribution < -0.4 is 21.9 Å². The number of para-hydroxylation sites is 1. The highest BCUT2D eigenvalue weighted by atomic mass is 16.2. The second-order valence-corrected chi connectivity index (χ2v) is 4.32. The topological polar surface area (TPSA) is 96.0 Å². The van der Waals surface area contributed by atoms with Gasteiger partial charge in [-0.15, -0.1) is 0 Å². The predicted molar refractivity (Wildman–Crippen MR) is 75.8 cm³/mol. The van der Waals surface area contributed by atoms with Crippen molar-refractivity contribution in [1.29, 1.82) is 0 Å². The average molecular weight is 276 g/mol. The molecule has 0 atom stereocenters. The monoisotopic (exact) mass is 276 g/mol. The molecule has 0 aliphatic heterocycles. The minimum Gasteiger partial charge on any atom is -0.353 e. The molecule has 0 spiro atoms. The summed E-state index contributed by atoms with van der Waals surface area (Å²) in [6.45, 7) is 0.771. The molecule has 0 radical (unpaired) electrons. The van der Waals surface area contributed by atoms with Crippen LogP contribution in [0.25, 0.3) is 10.9 Å². The Kier molecular flexibility index (Phi) is 4.31. The van der Waals surface area contributed by atoms with Gasteiger partial charge in [-0.1, -0.05) is 12.1 Å². The first-order chi connectivity index (χ1) is 9.63. The van der Waals surface area contributed by atoms with Gasteiger partial charge in [0.1, 0.15) is 6.54 Å². The molecule has 1 heterocycles. The molecule has 0 saturated heterocycles. The van der Waals surface area contributed by atoms with E-state index in [1.54, 1.807) is 31.3 Å². The molecule has 0 fully saturated rings. The van der Waals surface area contributed by atoms with Crippen LogP contribution >= 0.6 is 0 Å². The summed E-state index contributed by atoms with van der Waals surface area (Å²) < 4.78 is 0.900. The Morgan fingerprint density at radius 2 is 2.00 bits per heavy atom. The molecule has 0 aliphatic rings. The minimum atomic E-state index is -0.586. The SMILES string of the molecule is CNCCNC(=O)Cn1c(=O)[nH]c2ccccc2c1=O. The molecule has 1 aromatic heterocycles. The van der Waals surface area contributed by atoms with Crippen molar-refractivity contribution in [3.8, 4) is 0 Å². The zero-order valence-corrected chi connectivity index (χ0v) is 11.1. The Hall–Kier alpha value is -2.41. The highest BCUT2D eigenvalue weighted by molar-refractivity contribution is 5.78. The lowest BCUT2D eigenvalue weighted by Gasteiger charge is -2.07. The maximum Gasteiger partial charge on any atom is 0.329 e. The number of hydrogen-bond acceptors (Lipinski definition) is 4. The molecule has 20 heavy (non-hydrogen) atoms. The van der Waals surface area contributed by atoms with Gasteiger partial charge >= 0.3 is 5.69 Å². The molecular formula is C13H16N4O3. The third kappa shape index (κ3) is 2.94. The predicted octanol–water partition coefficient (Wildman–Crippen LogP) is -0.975. The zero-order chi connectivity index (χ0) is 14.5. The van der Waals surface area contributed by atoms with Crippen molar-refractivity contribution < 1.29 is 4.79 Å². The molecule has 3 N–H and O–H groups in total. The van der Waals surface area contributed by atoms with E-state index < -0.39 is 11.2 Å². The zero-order valence-electron chi connectivity index (χ0n) is 11.1. The van der Waals surface area contributed by atoms with Crippen molar-refractivity contribution in [2.45, 2.75) is 6.54 Å². The second kappa shape index (κ2) is 6.16. The molecule has 2 aromatic rings. The van der Waals surface area contributed by atoms with Gasteiger partial charge in [-0.05, 0) is 19.2 Å². The number of aromatic nitrogens is 2. The molecule has 2 rings (SSSR count). The Bertz CT molecular complexity index is 732. The summed E-state index contributed by atoms with van der Waals surface area (Å²) in [5, 5.41) is 5.89. The third-order valence-electron chi connectivity index (χ3n) is 2.89. The van der Waals surface area contributed by atoms with E-state index in [0.29, 0.717) is 24.0 Å². The van der Waals surface area contributed by atoms with Crippen molar-refractivity contribution in [3.05, 3.63) is 45.1 Å². The van der Waals surface area contributed by atoms with Gasteiger partial charge in [0.05, 0.1) is 10.9 Å². The molecule has 1 aromatic carbocycles. The third-order valence-corrected chi connectivity index (χ3v) is 2.89. The number of fused-ring (bicyclic) bond motifs is 1. The number of nitrogens with one attached hydrogen (secondary N) is 3. The van der Waals surface area contributed by atoms with Crippen LogP contribution in [0.3, 0.4) is 0 Å². The first-order valence-electron chi connectivity index (χ1n) is 6.26. The number of carbonyl (C=O) groups excluding carboxylic acids is 1. The van der Waals surface area contributed by atoms with Crippen LogP contribution in [0.5, 0.6) is 0 Å². The Balaban J connectivity index is 2.28. The molecule has 0 bridgehead atoms. The molecular weight excluding hydrogens is 260 g/mol. The number of carbonyl (C=O) groups is 1. The first kappa shape index (κ1) is 14.0. The van der Waals surface area contributed by atoms with Crippen molar-refractivity contribution in [3.63, 3.8) is 0 Å². The first-order valence-corrected chi connectivity index (χ1v) is 6.26. The summed E-state index contributed by atoms with van der Waals surface area (Å²) in [6.07, 6.45) is 0. The summed E-state index contributed by atoms with van der Waals surface area (Å²) in [6, 6.07) is 6.70. The van der Waals surface area contributed by atoms with Crippen molar-refractivity contribution in [1.82, 2.24) is 20.2 Å². The van der Waals surface area contributed by atoms with Gasteiger partial charge in [-0.2, -0.15) is 0 Å². The normalized spacial score (nSPS) is 10.7. The van der Waals surface area contributed by atoms with Crippen LogP contribution in [-0.2, 0) is 11.3 Å². The van der Waals surface area contributed by atoms with Gasteiger partial charge in [-0.25, -0.2) is 4.79 Å².